The molecule has 0 spiro atoms. The Morgan fingerprint density at radius 1 is 1.16 bits per heavy atom. The van der Waals surface area contributed by atoms with Crippen LogP contribution >= 0.6 is 11.3 Å². The van der Waals surface area contributed by atoms with E-state index in [2.05, 4.69) is 50.0 Å². The zero-order valence-electron chi connectivity index (χ0n) is 25.5. The molecule has 1 amide bonds. The number of fused-ring (bicyclic) bond motifs is 1. The molecule has 3 aromatic heterocycles. The van der Waals surface area contributed by atoms with E-state index in [-0.39, 0.29) is 5.91 Å². The number of carboxylic acids is 1. The number of ether oxygens (including phenoxy) is 1. The summed E-state index contributed by atoms with van der Waals surface area (Å²) in [5.74, 6) is -0.939. The summed E-state index contributed by atoms with van der Waals surface area (Å²) in [5, 5.41) is 25.9. The lowest BCUT2D eigenvalue weighted by Gasteiger charge is -2.23. The van der Waals surface area contributed by atoms with Gasteiger partial charge < -0.3 is 20.5 Å². The number of H-pyrrole nitrogens is 1. The number of halogens is 3. The van der Waals surface area contributed by atoms with Crippen LogP contribution in [0.3, 0.4) is 0 Å². The maximum absolute atomic E-state index is 12.8. The molecule has 1 unspecified atom stereocenters. The lowest BCUT2D eigenvalue weighted by Crippen LogP contribution is -2.38. The molecule has 0 saturated carbocycles. The Hall–Kier alpha value is -4.24. The SMILES string of the molecule is CC.CCCc1sc(NC(=O)c2ccc(Oc3ccnc4[nH]nc(NC5CCCNC5)c34)cc2)nc1CC.O=C(O)C(F)(F)F. The van der Waals surface area contributed by atoms with Gasteiger partial charge in [-0.2, -0.15) is 18.3 Å². The van der Waals surface area contributed by atoms with E-state index >= 15 is 0 Å². The minimum absolute atomic E-state index is 0.185. The van der Waals surface area contributed by atoms with Crippen molar-refractivity contribution < 1.29 is 32.6 Å². The second kappa shape index (κ2) is 16.7. The van der Waals surface area contributed by atoms with Crippen LogP contribution in [-0.4, -0.2) is 62.5 Å². The number of aromatic amines is 1. The second-order valence-electron chi connectivity index (χ2n) is 9.67. The topological polar surface area (TPSA) is 154 Å². The van der Waals surface area contributed by atoms with Crippen molar-refractivity contribution in [3.63, 3.8) is 0 Å². The highest BCUT2D eigenvalue weighted by atomic mass is 32.1. The fourth-order valence-corrected chi connectivity index (χ4v) is 5.53. The number of carbonyl (C=O) groups excluding carboxylic acids is 1. The van der Waals surface area contributed by atoms with Gasteiger partial charge in [0, 0.05) is 35.3 Å². The number of nitrogens with one attached hydrogen (secondary N) is 4. The lowest BCUT2D eigenvalue weighted by atomic mass is 10.1. The van der Waals surface area contributed by atoms with Crippen molar-refractivity contribution in [2.75, 3.05) is 23.7 Å². The molecule has 4 heterocycles. The summed E-state index contributed by atoms with van der Waals surface area (Å²) in [6.07, 6.45) is 1.72. The highest BCUT2D eigenvalue weighted by Crippen LogP contribution is 2.33. The summed E-state index contributed by atoms with van der Waals surface area (Å²) in [4.78, 5) is 31.9. The number of rotatable bonds is 9. The summed E-state index contributed by atoms with van der Waals surface area (Å²) in [6, 6.07) is 9.23. The molecule has 1 fully saturated rings. The van der Waals surface area contributed by atoms with Gasteiger partial charge in [0.25, 0.3) is 5.91 Å². The number of nitrogens with zero attached hydrogens (tertiary/aromatic N) is 3. The predicted octanol–water partition coefficient (Wildman–Crippen LogP) is 6.80. The van der Waals surface area contributed by atoms with Crippen LogP contribution in [0.15, 0.2) is 36.5 Å². The molecule has 1 saturated heterocycles. The molecule has 0 radical (unpaired) electrons. The molecule has 244 valence electrons. The van der Waals surface area contributed by atoms with Gasteiger partial charge >= 0.3 is 12.1 Å². The zero-order chi connectivity index (χ0) is 33.0. The summed E-state index contributed by atoms with van der Waals surface area (Å²) >= 11 is 1.56. The number of aryl methyl sites for hydroxylation is 2. The highest BCUT2D eigenvalue weighted by molar-refractivity contribution is 7.15. The first-order valence-electron chi connectivity index (χ1n) is 14.8. The van der Waals surface area contributed by atoms with E-state index in [9.17, 15) is 18.0 Å². The van der Waals surface area contributed by atoms with Crippen LogP contribution in [0.2, 0.25) is 0 Å². The van der Waals surface area contributed by atoms with Crippen molar-refractivity contribution in [3.05, 3.63) is 52.7 Å². The zero-order valence-corrected chi connectivity index (χ0v) is 26.4. The van der Waals surface area contributed by atoms with Crippen LogP contribution in [0.1, 0.15) is 67.9 Å². The molecule has 0 bridgehead atoms. The van der Waals surface area contributed by atoms with Gasteiger partial charge in [0.2, 0.25) is 0 Å². The van der Waals surface area contributed by atoms with E-state index in [0.29, 0.717) is 33.9 Å². The first kappa shape index (κ1) is 35.2. The highest BCUT2D eigenvalue weighted by Gasteiger charge is 2.38. The van der Waals surface area contributed by atoms with Gasteiger partial charge in [0.15, 0.2) is 16.6 Å². The third-order valence-corrected chi connectivity index (χ3v) is 7.53. The minimum atomic E-state index is -5.08. The predicted molar refractivity (Wildman–Crippen MR) is 168 cm³/mol. The van der Waals surface area contributed by atoms with E-state index in [1.165, 1.54) is 4.88 Å². The molecule has 15 heteroatoms. The molecular formula is C30H38F3N7O4S. The van der Waals surface area contributed by atoms with Crippen LogP contribution < -0.4 is 20.7 Å². The molecule has 5 rings (SSSR count). The fraction of sp³-hybridized carbons (Fsp3) is 0.433. The third-order valence-electron chi connectivity index (χ3n) is 6.46. The van der Waals surface area contributed by atoms with E-state index < -0.39 is 12.1 Å². The largest absolute Gasteiger partial charge is 0.490 e. The maximum Gasteiger partial charge on any atom is 0.490 e. The van der Waals surface area contributed by atoms with Crippen LogP contribution in [-0.2, 0) is 17.6 Å². The number of alkyl halides is 3. The Kier molecular flexibility index (Phi) is 13.1. The first-order chi connectivity index (χ1) is 21.6. The molecule has 45 heavy (non-hydrogen) atoms. The Morgan fingerprint density at radius 3 is 2.47 bits per heavy atom. The van der Waals surface area contributed by atoms with E-state index in [0.717, 1.165) is 62.1 Å². The monoisotopic (exact) mass is 649 g/mol. The summed E-state index contributed by atoms with van der Waals surface area (Å²) in [7, 11) is 0. The van der Waals surface area contributed by atoms with Crippen molar-refractivity contribution in [1.82, 2.24) is 25.5 Å². The number of pyridine rings is 1. The van der Waals surface area contributed by atoms with Gasteiger partial charge in [-0.05, 0) is 56.5 Å². The van der Waals surface area contributed by atoms with Crippen molar-refractivity contribution in [3.8, 4) is 11.5 Å². The maximum atomic E-state index is 12.8. The molecule has 4 aromatic rings. The minimum Gasteiger partial charge on any atom is -0.475 e. The summed E-state index contributed by atoms with van der Waals surface area (Å²) in [6.45, 7) is 10.2. The van der Waals surface area contributed by atoms with Crippen molar-refractivity contribution in [1.29, 1.82) is 0 Å². The average Bonchev–Trinajstić information content (AvgIpc) is 3.63. The van der Waals surface area contributed by atoms with E-state index in [1.54, 1.807) is 41.8 Å². The molecule has 1 aromatic carbocycles. The Balaban J connectivity index is 0.000000544. The third kappa shape index (κ3) is 9.88. The summed E-state index contributed by atoms with van der Waals surface area (Å²) in [5.41, 5.74) is 2.27. The number of anilines is 2. The van der Waals surface area contributed by atoms with Crippen LogP contribution in [0.25, 0.3) is 11.0 Å². The molecule has 1 aliphatic heterocycles. The number of aromatic nitrogens is 4. The smallest absolute Gasteiger partial charge is 0.475 e. The van der Waals surface area contributed by atoms with Gasteiger partial charge in [-0.15, -0.1) is 11.3 Å². The quantitative estimate of drug-likeness (QED) is 0.132. The standard InChI is InChI=1S/C26H31N7O2S.C2HF3O2.C2H6/c1-3-6-21-19(4-2)30-26(36-21)31-25(34)16-8-10-18(11-9-16)35-20-12-14-28-23-22(20)24(33-32-23)29-17-7-5-13-27-15-17;3-2(4,5)1(6)7;1-2/h8-12,14,17,27H,3-7,13,15H2,1-2H3,(H,30,31,34)(H2,28,29,32,33);(H,6,7);1-2H3. The molecule has 11 nitrogen and oxygen atoms in total. The normalized spacial score (nSPS) is 14.4. The Labute approximate surface area is 263 Å². The van der Waals surface area contributed by atoms with Crippen LogP contribution in [0.4, 0.5) is 24.1 Å². The number of thiazole rings is 1. The number of benzene rings is 1. The van der Waals surface area contributed by atoms with Gasteiger partial charge in [-0.1, -0.05) is 34.1 Å². The molecule has 0 aliphatic carbocycles. The first-order valence-corrected chi connectivity index (χ1v) is 15.6. The summed E-state index contributed by atoms with van der Waals surface area (Å²) < 4.78 is 37.9. The number of amides is 1. The van der Waals surface area contributed by atoms with E-state index in [4.69, 9.17) is 14.6 Å². The fourth-order valence-electron chi connectivity index (χ4n) is 4.39. The Bertz CT molecular complexity index is 1530. The lowest BCUT2D eigenvalue weighted by molar-refractivity contribution is -0.192. The number of piperidine rings is 1. The van der Waals surface area contributed by atoms with Crippen molar-refractivity contribution in [2.45, 2.75) is 72.0 Å². The average molecular weight is 650 g/mol. The van der Waals surface area contributed by atoms with Crippen LogP contribution in [0.5, 0.6) is 11.5 Å². The number of aliphatic carboxylic acids is 1. The molecule has 5 N–H and O–H groups in total. The molecule has 1 atom stereocenters. The Morgan fingerprint density at radius 2 is 1.87 bits per heavy atom. The number of carbonyl (C=O) groups is 2. The van der Waals surface area contributed by atoms with Crippen molar-refractivity contribution in [2.24, 2.45) is 0 Å². The van der Waals surface area contributed by atoms with Crippen LogP contribution in [0, 0.1) is 0 Å². The number of hydrogen-bond acceptors (Lipinski definition) is 9. The second-order valence-corrected chi connectivity index (χ2v) is 10.8. The molecular weight excluding hydrogens is 611 g/mol. The number of carboxylic acid groups (broad SMARTS) is 1. The van der Waals surface area contributed by atoms with Gasteiger partial charge in [-0.3, -0.25) is 15.2 Å². The van der Waals surface area contributed by atoms with E-state index in [1.807, 2.05) is 19.9 Å². The van der Waals surface area contributed by atoms with Crippen molar-refractivity contribution >= 4 is 45.2 Å². The molecule has 1 aliphatic rings. The van der Waals surface area contributed by atoms with Gasteiger partial charge in [0.05, 0.1) is 5.69 Å². The van der Waals surface area contributed by atoms with Gasteiger partial charge in [-0.25, -0.2) is 14.8 Å². The van der Waals surface area contributed by atoms with Gasteiger partial charge in [0.1, 0.15) is 16.9 Å². The number of hydrogen-bond donors (Lipinski definition) is 5.